The highest BCUT2D eigenvalue weighted by Crippen LogP contribution is 2.28. The Hall–Kier alpha value is -3.19. The summed E-state index contributed by atoms with van der Waals surface area (Å²) in [5, 5.41) is 4.63. The van der Waals surface area contributed by atoms with Crippen LogP contribution in [0.5, 0.6) is 5.75 Å². The van der Waals surface area contributed by atoms with Crippen LogP contribution in [0.4, 0.5) is 5.69 Å². The summed E-state index contributed by atoms with van der Waals surface area (Å²) in [6.45, 7) is 8.42. The Bertz CT molecular complexity index is 1220. The van der Waals surface area contributed by atoms with Gasteiger partial charge >= 0.3 is 0 Å². The van der Waals surface area contributed by atoms with E-state index in [4.69, 9.17) is 9.72 Å². The van der Waals surface area contributed by atoms with E-state index in [-0.39, 0.29) is 0 Å². The van der Waals surface area contributed by atoms with Crippen molar-refractivity contribution in [2.75, 3.05) is 25.1 Å². The molecule has 1 aliphatic rings. The molecule has 1 aliphatic heterocycles. The molecule has 4 aromatic rings. The van der Waals surface area contributed by atoms with Crippen molar-refractivity contribution >= 4 is 22.2 Å². The third-order valence-corrected chi connectivity index (χ3v) is 5.60. The Balaban J connectivity index is 1.52. The highest BCUT2D eigenvalue weighted by atomic mass is 16.5. The van der Waals surface area contributed by atoms with Crippen molar-refractivity contribution in [2.24, 2.45) is 0 Å². The molecule has 1 aromatic carbocycles. The third-order valence-electron chi connectivity index (χ3n) is 5.60. The molecule has 7 nitrogen and oxygen atoms in total. The largest absolute Gasteiger partial charge is 0.493 e. The van der Waals surface area contributed by atoms with Crippen molar-refractivity contribution in [3.63, 3.8) is 0 Å². The molecule has 0 aliphatic carbocycles. The van der Waals surface area contributed by atoms with Gasteiger partial charge in [-0.1, -0.05) is 0 Å². The zero-order valence-corrected chi connectivity index (χ0v) is 17.8. The highest BCUT2D eigenvalue weighted by Gasteiger charge is 2.21. The normalized spacial score (nSPS) is 19.5. The van der Waals surface area contributed by atoms with E-state index in [1.54, 1.807) is 7.11 Å². The highest BCUT2D eigenvalue weighted by molar-refractivity contribution is 5.83. The van der Waals surface area contributed by atoms with Crippen LogP contribution in [0.1, 0.15) is 19.5 Å². The lowest BCUT2D eigenvalue weighted by Crippen LogP contribution is -2.54. The number of methoxy groups -OCH3 is 1. The van der Waals surface area contributed by atoms with Crippen LogP contribution < -0.4 is 15.0 Å². The Labute approximate surface area is 175 Å². The molecule has 0 bridgehead atoms. The van der Waals surface area contributed by atoms with E-state index < -0.39 is 0 Å². The van der Waals surface area contributed by atoms with E-state index in [2.05, 4.69) is 52.2 Å². The number of hydrogen-bond acceptors (Lipinski definition) is 6. The van der Waals surface area contributed by atoms with Gasteiger partial charge in [-0.2, -0.15) is 0 Å². The first kappa shape index (κ1) is 18.8. The summed E-state index contributed by atoms with van der Waals surface area (Å²) in [6, 6.07) is 9.32. The molecule has 0 spiro atoms. The quantitative estimate of drug-likeness (QED) is 0.566. The van der Waals surface area contributed by atoms with E-state index in [1.165, 1.54) is 5.69 Å². The Kier molecular flexibility index (Phi) is 4.55. The zero-order chi connectivity index (χ0) is 20.8. The molecule has 0 amide bonds. The van der Waals surface area contributed by atoms with Crippen LogP contribution in [0, 0.1) is 6.92 Å². The number of ether oxygens (including phenoxy) is 1. The smallest absolute Gasteiger partial charge is 0.179 e. The molecule has 30 heavy (non-hydrogen) atoms. The number of benzene rings is 1. The van der Waals surface area contributed by atoms with Gasteiger partial charge < -0.3 is 19.4 Å². The molecule has 4 heterocycles. The van der Waals surface area contributed by atoms with Gasteiger partial charge in [0.15, 0.2) is 17.2 Å². The number of nitrogens with zero attached hydrogens (tertiary/aromatic N) is 5. The average molecular weight is 403 g/mol. The van der Waals surface area contributed by atoms with Crippen LogP contribution in [0.25, 0.3) is 27.9 Å². The number of hydrogen-bond donors (Lipinski definition) is 1. The number of pyridine rings is 1. The second kappa shape index (κ2) is 7.25. The monoisotopic (exact) mass is 402 g/mol. The maximum atomic E-state index is 5.54. The summed E-state index contributed by atoms with van der Waals surface area (Å²) in [6.07, 6.45) is 5.88. The first-order valence-electron chi connectivity index (χ1n) is 10.3. The summed E-state index contributed by atoms with van der Waals surface area (Å²) in [4.78, 5) is 16.4. The Morgan fingerprint density at radius 3 is 2.63 bits per heavy atom. The number of imidazole rings is 1. The molecule has 1 fully saturated rings. The van der Waals surface area contributed by atoms with Gasteiger partial charge in [0.25, 0.3) is 0 Å². The number of nitrogens with one attached hydrogen (secondary N) is 1. The number of aryl methyl sites for hydroxylation is 1. The molecule has 7 heteroatoms. The van der Waals surface area contributed by atoms with Gasteiger partial charge in [-0.3, -0.25) is 0 Å². The maximum Gasteiger partial charge on any atom is 0.179 e. The molecule has 2 atom stereocenters. The van der Waals surface area contributed by atoms with Gasteiger partial charge in [-0.25, -0.2) is 15.0 Å². The van der Waals surface area contributed by atoms with E-state index in [0.29, 0.717) is 23.7 Å². The van der Waals surface area contributed by atoms with E-state index in [0.717, 1.165) is 40.9 Å². The standard InChI is InChI=1S/C23H26N6O/c1-14-10-28(11-15(2)25-14)19-5-6-20-17(7-19)9-24-22(27-20)18-8-21(30-4)23-26-16(3)12-29(23)13-18/h5-9,12-15,25H,10-11H2,1-4H3/t14-,15+. The third kappa shape index (κ3) is 3.35. The number of fused-ring (bicyclic) bond motifs is 2. The van der Waals surface area contributed by atoms with Gasteiger partial charge in [0, 0.05) is 60.4 Å². The number of anilines is 1. The van der Waals surface area contributed by atoms with Crippen molar-refractivity contribution in [3.8, 4) is 17.1 Å². The minimum atomic E-state index is 0.472. The van der Waals surface area contributed by atoms with Gasteiger partial charge in [-0.05, 0) is 45.0 Å². The lowest BCUT2D eigenvalue weighted by molar-refractivity contribution is 0.407. The lowest BCUT2D eigenvalue weighted by Gasteiger charge is -2.37. The summed E-state index contributed by atoms with van der Waals surface area (Å²) in [7, 11) is 1.66. The Morgan fingerprint density at radius 2 is 1.87 bits per heavy atom. The van der Waals surface area contributed by atoms with Crippen LogP contribution in [0.2, 0.25) is 0 Å². The van der Waals surface area contributed by atoms with Gasteiger partial charge in [0.2, 0.25) is 0 Å². The molecule has 3 aromatic heterocycles. The van der Waals surface area contributed by atoms with Crippen LogP contribution >= 0.6 is 0 Å². The molecule has 5 rings (SSSR count). The van der Waals surface area contributed by atoms with Crippen LogP contribution in [0.15, 0.2) is 42.9 Å². The van der Waals surface area contributed by atoms with Crippen molar-refractivity contribution < 1.29 is 4.74 Å². The molecule has 0 unspecified atom stereocenters. The molecule has 154 valence electrons. The summed E-state index contributed by atoms with van der Waals surface area (Å²) < 4.78 is 7.51. The number of rotatable bonds is 3. The number of aromatic nitrogens is 4. The Morgan fingerprint density at radius 1 is 1.07 bits per heavy atom. The van der Waals surface area contributed by atoms with Crippen LogP contribution in [0.3, 0.4) is 0 Å². The fourth-order valence-corrected chi connectivity index (χ4v) is 4.36. The van der Waals surface area contributed by atoms with E-state index in [1.807, 2.05) is 36.0 Å². The van der Waals surface area contributed by atoms with Crippen LogP contribution in [-0.4, -0.2) is 51.6 Å². The summed E-state index contributed by atoms with van der Waals surface area (Å²) >= 11 is 0. The molecule has 0 radical (unpaired) electrons. The van der Waals surface area contributed by atoms with Crippen molar-refractivity contribution in [1.29, 1.82) is 0 Å². The fourth-order valence-electron chi connectivity index (χ4n) is 4.36. The summed E-state index contributed by atoms with van der Waals surface area (Å²) in [5.41, 5.74) is 4.78. The van der Waals surface area contributed by atoms with Crippen molar-refractivity contribution in [2.45, 2.75) is 32.9 Å². The second-order valence-corrected chi connectivity index (χ2v) is 8.22. The molecule has 1 saturated heterocycles. The van der Waals surface area contributed by atoms with Crippen LogP contribution in [-0.2, 0) is 0 Å². The van der Waals surface area contributed by atoms with Crippen molar-refractivity contribution in [1.82, 2.24) is 24.7 Å². The topological polar surface area (TPSA) is 67.6 Å². The minimum absolute atomic E-state index is 0.472. The van der Waals surface area contributed by atoms with Gasteiger partial charge in [0.1, 0.15) is 0 Å². The molecular weight excluding hydrogens is 376 g/mol. The van der Waals surface area contributed by atoms with Gasteiger partial charge in [-0.15, -0.1) is 0 Å². The first-order valence-corrected chi connectivity index (χ1v) is 10.3. The molecule has 0 saturated carbocycles. The van der Waals surface area contributed by atoms with Crippen molar-refractivity contribution in [3.05, 3.63) is 48.5 Å². The zero-order valence-electron chi connectivity index (χ0n) is 17.8. The molecule has 1 N–H and O–H groups in total. The number of piperazine rings is 1. The lowest BCUT2D eigenvalue weighted by atomic mass is 10.1. The predicted molar refractivity (Wildman–Crippen MR) is 119 cm³/mol. The second-order valence-electron chi connectivity index (χ2n) is 8.22. The van der Waals surface area contributed by atoms with E-state index >= 15 is 0 Å². The summed E-state index contributed by atoms with van der Waals surface area (Å²) in [5.74, 6) is 1.38. The minimum Gasteiger partial charge on any atom is -0.493 e. The van der Waals surface area contributed by atoms with Gasteiger partial charge in [0.05, 0.1) is 18.3 Å². The maximum absolute atomic E-state index is 5.54. The molecular formula is C23H26N6O. The SMILES string of the molecule is COc1cc(-c2ncc3cc(N4C[C@@H](C)N[C@@H](C)C4)ccc3n2)cn2cc(C)nc12. The fraction of sp³-hybridized carbons (Fsp3) is 0.348. The average Bonchev–Trinajstić information content (AvgIpc) is 3.11. The first-order chi connectivity index (χ1) is 14.5. The predicted octanol–water partition coefficient (Wildman–Crippen LogP) is 3.45. The van der Waals surface area contributed by atoms with E-state index in [9.17, 15) is 0 Å².